The Balaban J connectivity index is 1.24. The fourth-order valence-electron chi connectivity index (χ4n) is 3.64. The van der Waals surface area contributed by atoms with E-state index in [1.165, 1.54) is 5.56 Å². The highest BCUT2D eigenvalue weighted by atomic mass is 16.5. The van der Waals surface area contributed by atoms with Crippen LogP contribution in [-0.4, -0.2) is 61.4 Å². The van der Waals surface area contributed by atoms with Crippen LogP contribution in [0.3, 0.4) is 0 Å². The molecule has 1 aliphatic heterocycles. The summed E-state index contributed by atoms with van der Waals surface area (Å²) in [4.78, 5) is 11.3. The highest BCUT2D eigenvalue weighted by molar-refractivity contribution is 5.62. The van der Waals surface area contributed by atoms with Gasteiger partial charge in [0.05, 0.1) is 13.2 Å². The Morgan fingerprint density at radius 3 is 2.47 bits per heavy atom. The first-order valence-corrected chi connectivity index (χ1v) is 11.1. The second-order valence-corrected chi connectivity index (χ2v) is 7.83. The predicted octanol–water partition coefficient (Wildman–Crippen LogP) is 3.19. The maximum absolute atomic E-state index is 5.87. The molecule has 7 heteroatoms. The van der Waals surface area contributed by atoms with Crippen molar-refractivity contribution in [1.29, 1.82) is 0 Å². The lowest BCUT2D eigenvalue weighted by molar-refractivity contribution is 0.0322. The van der Waals surface area contributed by atoms with Crippen molar-refractivity contribution in [2.24, 2.45) is 0 Å². The van der Waals surface area contributed by atoms with E-state index in [1.807, 2.05) is 31.6 Å². The number of morpholine rings is 1. The quantitative estimate of drug-likeness (QED) is 0.509. The Morgan fingerprint density at radius 1 is 0.938 bits per heavy atom. The molecule has 0 saturated carbocycles. The third-order valence-corrected chi connectivity index (χ3v) is 5.45. The lowest BCUT2D eigenvalue weighted by atomic mass is 10.1. The van der Waals surface area contributed by atoms with Crippen LogP contribution in [0.2, 0.25) is 0 Å². The van der Waals surface area contributed by atoms with Crippen LogP contribution in [-0.2, 0) is 17.8 Å². The van der Waals surface area contributed by atoms with E-state index in [9.17, 15) is 0 Å². The SMILES string of the molecule is CNCc1cccc(-c2cnc(NCc3ccc(OCCN4CCOCC4)cc3)nc2)c1. The topological polar surface area (TPSA) is 71.5 Å². The van der Waals surface area contributed by atoms with Crippen molar-refractivity contribution < 1.29 is 9.47 Å². The Bertz CT molecular complexity index is 957. The molecule has 168 valence electrons. The number of nitrogens with one attached hydrogen (secondary N) is 2. The molecule has 0 bridgehead atoms. The molecule has 4 rings (SSSR count). The van der Waals surface area contributed by atoms with Crippen LogP contribution in [0.1, 0.15) is 11.1 Å². The fourth-order valence-corrected chi connectivity index (χ4v) is 3.64. The first-order chi connectivity index (χ1) is 15.8. The second kappa shape index (κ2) is 11.6. The molecule has 0 unspecified atom stereocenters. The number of ether oxygens (including phenoxy) is 2. The van der Waals surface area contributed by atoms with E-state index in [-0.39, 0.29) is 0 Å². The van der Waals surface area contributed by atoms with Gasteiger partial charge in [-0.1, -0.05) is 30.3 Å². The second-order valence-electron chi connectivity index (χ2n) is 7.83. The lowest BCUT2D eigenvalue weighted by Gasteiger charge is -2.26. The molecule has 3 aromatic rings. The van der Waals surface area contributed by atoms with Gasteiger partial charge < -0.3 is 20.1 Å². The minimum atomic E-state index is 0.617. The largest absolute Gasteiger partial charge is 0.492 e. The standard InChI is InChI=1S/C25H31N5O2/c1-26-16-21-3-2-4-22(15-21)23-18-28-25(29-19-23)27-17-20-5-7-24(8-6-20)32-14-11-30-9-12-31-13-10-30/h2-8,15,18-19,26H,9-14,16-17H2,1H3,(H,27,28,29). The van der Waals surface area contributed by atoms with Gasteiger partial charge in [-0.05, 0) is 41.9 Å². The molecule has 32 heavy (non-hydrogen) atoms. The maximum atomic E-state index is 5.87. The molecule has 2 aromatic carbocycles. The van der Waals surface area contributed by atoms with Crippen LogP contribution in [0.4, 0.5) is 5.95 Å². The van der Waals surface area contributed by atoms with Crippen molar-refractivity contribution in [1.82, 2.24) is 20.2 Å². The normalized spacial score (nSPS) is 14.3. The number of nitrogens with zero attached hydrogens (tertiary/aromatic N) is 3. The van der Waals surface area contributed by atoms with Gasteiger partial charge in [-0.15, -0.1) is 0 Å². The van der Waals surface area contributed by atoms with Crippen molar-refractivity contribution in [3.8, 4) is 16.9 Å². The molecule has 0 spiro atoms. The van der Waals surface area contributed by atoms with Crippen molar-refractivity contribution in [2.45, 2.75) is 13.1 Å². The average molecular weight is 434 g/mol. The van der Waals surface area contributed by atoms with Crippen LogP contribution < -0.4 is 15.4 Å². The number of rotatable bonds is 10. The van der Waals surface area contributed by atoms with Crippen molar-refractivity contribution in [2.75, 3.05) is 51.8 Å². The zero-order chi connectivity index (χ0) is 22.0. The molecule has 1 aliphatic rings. The Kier molecular flexibility index (Phi) is 8.03. The van der Waals surface area contributed by atoms with Crippen LogP contribution in [0.15, 0.2) is 60.9 Å². The van der Waals surface area contributed by atoms with Gasteiger partial charge in [0.2, 0.25) is 5.95 Å². The van der Waals surface area contributed by atoms with Crippen molar-refractivity contribution >= 4 is 5.95 Å². The smallest absolute Gasteiger partial charge is 0.222 e. The molecule has 2 heterocycles. The highest BCUT2D eigenvalue weighted by Crippen LogP contribution is 2.20. The molecule has 0 amide bonds. The average Bonchev–Trinajstić information content (AvgIpc) is 2.85. The summed E-state index contributed by atoms with van der Waals surface area (Å²) in [5.41, 5.74) is 4.51. The van der Waals surface area contributed by atoms with Gasteiger partial charge in [-0.2, -0.15) is 0 Å². The number of hydrogen-bond acceptors (Lipinski definition) is 7. The molecule has 0 radical (unpaired) electrons. The zero-order valence-electron chi connectivity index (χ0n) is 18.6. The molecule has 0 atom stereocenters. The molecule has 1 fully saturated rings. The number of benzene rings is 2. The number of aromatic nitrogens is 2. The molecule has 1 saturated heterocycles. The Morgan fingerprint density at radius 2 is 1.72 bits per heavy atom. The fraction of sp³-hybridized carbons (Fsp3) is 0.360. The zero-order valence-corrected chi connectivity index (χ0v) is 18.6. The maximum Gasteiger partial charge on any atom is 0.222 e. The minimum absolute atomic E-state index is 0.617. The molecule has 2 N–H and O–H groups in total. The molecular weight excluding hydrogens is 402 g/mol. The first kappa shape index (κ1) is 22.2. The lowest BCUT2D eigenvalue weighted by Crippen LogP contribution is -2.38. The number of hydrogen-bond donors (Lipinski definition) is 2. The van der Waals surface area contributed by atoms with Gasteiger partial charge in [0.1, 0.15) is 12.4 Å². The molecular formula is C25H31N5O2. The van der Waals surface area contributed by atoms with E-state index in [4.69, 9.17) is 9.47 Å². The van der Waals surface area contributed by atoms with Crippen LogP contribution >= 0.6 is 0 Å². The number of anilines is 1. The third kappa shape index (κ3) is 6.50. The molecule has 0 aliphatic carbocycles. The highest BCUT2D eigenvalue weighted by Gasteiger charge is 2.09. The van der Waals surface area contributed by atoms with E-state index < -0.39 is 0 Å². The van der Waals surface area contributed by atoms with Crippen LogP contribution in [0.5, 0.6) is 5.75 Å². The summed E-state index contributed by atoms with van der Waals surface area (Å²) >= 11 is 0. The van der Waals surface area contributed by atoms with Gasteiger partial charge in [0.25, 0.3) is 0 Å². The van der Waals surface area contributed by atoms with Crippen molar-refractivity contribution in [3.63, 3.8) is 0 Å². The monoisotopic (exact) mass is 433 g/mol. The third-order valence-electron chi connectivity index (χ3n) is 5.45. The van der Waals surface area contributed by atoms with E-state index >= 15 is 0 Å². The molecule has 7 nitrogen and oxygen atoms in total. The summed E-state index contributed by atoms with van der Waals surface area (Å²) in [5.74, 6) is 1.51. The van der Waals surface area contributed by atoms with E-state index in [0.29, 0.717) is 19.1 Å². The summed E-state index contributed by atoms with van der Waals surface area (Å²) < 4.78 is 11.2. The van der Waals surface area contributed by atoms with Gasteiger partial charge in [0, 0.05) is 50.7 Å². The summed E-state index contributed by atoms with van der Waals surface area (Å²) in [7, 11) is 1.95. The summed E-state index contributed by atoms with van der Waals surface area (Å²) in [5, 5.41) is 6.46. The predicted molar refractivity (Wildman–Crippen MR) is 127 cm³/mol. The van der Waals surface area contributed by atoms with E-state index in [0.717, 1.165) is 61.8 Å². The van der Waals surface area contributed by atoms with Crippen LogP contribution in [0.25, 0.3) is 11.1 Å². The first-order valence-electron chi connectivity index (χ1n) is 11.1. The minimum Gasteiger partial charge on any atom is -0.492 e. The molecule has 1 aromatic heterocycles. The van der Waals surface area contributed by atoms with Gasteiger partial charge in [-0.3, -0.25) is 4.90 Å². The Hall–Kier alpha value is -3.00. The summed E-state index contributed by atoms with van der Waals surface area (Å²) in [6, 6.07) is 16.6. The summed E-state index contributed by atoms with van der Waals surface area (Å²) in [6.07, 6.45) is 3.72. The van der Waals surface area contributed by atoms with Crippen LogP contribution in [0, 0.1) is 0 Å². The van der Waals surface area contributed by atoms with Gasteiger partial charge in [-0.25, -0.2) is 9.97 Å². The Labute approximate surface area is 189 Å². The van der Waals surface area contributed by atoms with Gasteiger partial charge in [0.15, 0.2) is 0 Å². The van der Waals surface area contributed by atoms with Crippen molar-refractivity contribution in [3.05, 3.63) is 72.1 Å². The van der Waals surface area contributed by atoms with Gasteiger partial charge >= 0.3 is 0 Å². The van der Waals surface area contributed by atoms with E-state index in [2.05, 4.69) is 61.9 Å². The summed E-state index contributed by atoms with van der Waals surface area (Å²) in [6.45, 7) is 6.72. The van der Waals surface area contributed by atoms with E-state index in [1.54, 1.807) is 0 Å².